The lowest BCUT2D eigenvalue weighted by Gasteiger charge is -2.10. The number of aromatic nitrogens is 2. The molecule has 0 fully saturated rings. The second-order valence-corrected chi connectivity index (χ2v) is 3.70. The Labute approximate surface area is 100 Å². The Morgan fingerprint density at radius 1 is 1.29 bits per heavy atom. The zero-order valence-corrected chi connectivity index (χ0v) is 10.0. The van der Waals surface area contributed by atoms with Gasteiger partial charge in [-0.05, 0) is 19.1 Å². The van der Waals surface area contributed by atoms with Crippen LogP contribution in [0, 0.1) is 6.92 Å². The Kier molecular flexibility index (Phi) is 3.59. The van der Waals surface area contributed by atoms with Gasteiger partial charge in [-0.1, -0.05) is 0 Å². The van der Waals surface area contributed by atoms with E-state index in [0.29, 0.717) is 0 Å². The van der Waals surface area contributed by atoms with Crippen LogP contribution >= 0.6 is 0 Å². The van der Waals surface area contributed by atoms with Crippen molar-refractivity contribution in [3.05, 3.63) is 36.0 Å². The molecule has 5 nitrogen and oxygen atoms in total. The summed E-state index contributed by atoms with van der Waals surface area (Å²) in [5.74, 6) is 2.68. The fourth-order valence-electron chi connectivity index (χ4n) is 1.64. The van der Waals surface area contributed by atoms with E-state index in [-0.39, 0.29) is 0 Å². The first-order valence-electron chi connectivity index (χ1n) is 5.57. The maximum Gasteiger partial charge on any atom is 0.134 e. The molecule has 0 aliphatic heterocycles. The quantitative estimate of drug-likeness (QED) is 0.826. The van der Waals surface area contributed by atoms with E-state index in [1.165, 1.54) is 0 Å². The molecule has 17 heavy (non-hydrogen) atoms. The van der Waals surface area contributed by atoms with Crippen molar-refractivity contribution in [1.82, 2.24) is 9.97 Å². The minimum atomic E-state index is 0.786. The number of furan rings is 1. The average Bonchev–Trinajstić information content (AvgIpc) is 2.84. The van der Waals surface area contributed by atoms with Crippen LogP contribution in [0.5, 0.6) is 0 Å². The molecule has 2 heterocycles. The highest BCUT2D eigenvalue weighted by Crippen LogP contribution is 2.17. The van der Waals surface area contributed by atoms with Gasteiger partial charge in [-0.25, -0.2) is 9.97 Å². The number of hydrogen-bond acceptors (Lipinski definition) is 5. The zero-order valence-electron chi connectivity index (χ0n) is 10.0. The largest absolute Gasteiger partial charge is 0.469 e. The van der Waals surface area contributed by atoms with E-state index in [0.717, 1.165) is 35.9 Å². The molecular formula is C12H16N4O. The minimum Gasteiger partial charge on any atom is -0.469 e. The fourth-order valence-corrected chi connectivity index (χ4v) is 1.64. The third-order valence-corrected chi connectivity index (χ3v) is 2.56. The number of nitrogens with zero attached hydrogens (tertiary/aromatic N) is 2. The zero-order chi connectivity index (χ0) is 12.1. The topological polar surface area (TPSA) is 63.0 Å². The SMILES string of the molecule is CNc1ncnc(NCCc2ccco2)c1C. The van der Waals surface area contributed by atoms with Gasteiger partial charge < -0.3 is 15.1 Å². The highest BCUT2D eigenvalue weighted by atomic mass is 16.3. The summed E-state index contributed by atoms with van der Waals surface area (Å²) in [6.45, 7) is 2.77. The first-order chi connectivity index (χ1) is 8.31. The molecule has 5 heteroatoms. The summed E-state index contributed by atoms with van der Waals surface area (Å²) in [4.78, 5) is 8.35. The summed E-state index contributed by atoms with van der Waals surface area (Å²) in [5, 5.41) is 6.30. The van der Waals surface area contributed by atoms with Gasteiger partial charge in [0.2, 0.25) is 0 Å². The van der Waals surface area contributed by atoms with Crippen molar-refractivity contribution in [3.63, 3.8) is 0 Å². The van der Waals surface area contributed by atoms with Gasteiger partial charge in [-0.2, -0.15) is 0 Å². The monoisotopic (exact) mass is 232 g/mol. The standard InChI is InChI=1S/C12H16N4O/c1-9-11(13-2)15-8-16-12(9)14-6-5-10-4-3-7-17-10/h3-4,7-8H,5-6H2,1-2H3,(H2,13,14,15,16). The summed E-state index contributed by atoms with van der Waals surface area (Å²) >= 11 is 0. The predicted molar refractivity (Wildman–Crippen MR) is 67.2 cm³/mol. The van der Waals surface area contributed by atoms with Gasteiger partial charge in [0.25, 0.3) is 0 Å². The molecule has 0 aliphatic rings. The van der Waals surface area contributed by atoms with Crippen molar-refractivity contribution in [1.29, 1.82) is 0 Å². The number of rotatable bonds is 5. The van der Waals surface area contributed by atoms with Crippen molar-refractivity contribution in [2.45, 2.75) is 13.3 Å². The van der Waals surface area contributed by atoms with Gasteiger partial charge in [0.05, 0.1) is 6.26 Å². The molecule has 0 saturated carbocycles. The van der Waals surface area contributed by atoms with Crippen LogP contribution in [0.3, 0.4) is 0 Å². The third-order valence-electron chi connectivity index (χ3n) is 2.56. The van der Waals surface area contributed by atoms with E-state index in [1.807, 2.05) is 26.1 Å². The molecule has 2 aromatic heterocycles. The van der Waals surface area contributed by atoms with Crippen LogP contribution in [0.15, 0.2) is 29.1 Å². The molecule has 0 bridgehead atoms. The van der Waals surface area contributed by atoms with Crippen molar-refractivity contribution in [2.75, 3.05) is 24.2 Å². The maximum absolute atomic E-state index is 5.26. The summed E-state index contributed by atoms with van der Waals surface area (Å²) in [6.07, 6.45) is 4.07. The van der Waals surface area contributed by atoms with E-state index >= 15 is 0 Å². The molecule has 0 aliphatic carbocycles. The Morgan fingerprint density at radius 2 is 2.12 bits per heavy atom. The molecule has 0 radical (unpaired) electrons. The Balaban J connectivity index is 1.95. The van der Waals surface area contributed by atoms with E-state index in [1.54, 1.807) is 12.6 Å². The highest BCUT2D eigenvalue weighted by Gasteiger charge is 2.04. The van der Waals surface area contributed by atoms with E-state index in [9.17, 15) is 0 Å². The molecule has 2 rings (SSSR count). The number of hydrogen-bond donors (Lipinski definition) is 2. The van der Waals surface area contributed by atoms with Crippen LogP contribution in [0.1, 0.15) is 11.3 Å². The summed E-state index contributed by atoms with van der Waals surface area (Å²) in [7, 11) is 1.85. The summed E-state index contributed by atoms with van der Waals surface area (Å²) in [6, 6.07) is 3.86. The molecule has 0 saturated heterocycles. The molecular weight excluding hydrogens is 216 g/mol. The van der Waals surface area contributed by atoms with Gasteiger partial charge in [-0.15, -0.1) is 0 Å². The second kappa shape index (κ2) is 5.34. The first-order valence-corrected chi connectivity index (χ1v) is 5.57. The lowest BCUT2D eigenvalue weighted by atomic mass is 10.3. The van der Waals surface area contributed by atoms with Crippen molar-refractivity contribution >= 4 is 11.6 Å². The van der Waals surface area contributed by atoms with Gasteiger partial charge >= 0.3 is 0 Å². The minimum absolute atomic E-state index is 0.786. The van der Waals surface area contributed by atoms with E-state index < -0.39 is 0 Å². The van der Waals surface area contributed by atoms with Crippen LogP contribution < -0.4 is 10.6 Å². The van der Waals surface area contributed by atoms with Gasteiger partial charge in [0.1, 0.15) is 23.7 Å². The molecule has 0 amide bonds. The molecule has 0 aromatic carbocycles. The fraction of sp³-hybridized carbons (Fsp3) is 0.333. The van der Waals surface area contributed by atoms with Gasteiger partial charge in [0.15, 0.2) is 0 Å². The third kappa shape index (κ3) is 2.75. The molecule has 2 N–H and O–H groups in total. The maximum atomic E-state index is 5.26. The van der Waals surface area contributed by atoms with E-state index in [4.69, 9.17) is 4.42 Å². The molecule has 0 unspecified atom stereocenters. The molecule has 90 valence electrons. The molecule has 2 aromatic rings. The second-order valence-electron chi connectivity index (χ2n) is 3.70. The Hall–Kier alpha value is -2.04. The van der Waals surface area contributed by atoms with Crippen LogP contribution in [0.25, 0.3) is 0 Å². The average molecular weight is 232 g/mol. The molecule has 0 spiro atoms. The van der Waals surface area contributed by atoms with Gasteiger partial charge in [-0.3, -0.25) is 0 Å². The van der Waals surface area contributed by atoms with Crippen molar-refractivity contribution in [3.8, 4) is 0 Å². The lowest BCUT2D eigenvalue weighted by molar-refractivity contribution is 0.513. The van der Waals surface area contributed by atoms with Crippen molar-refractivity contribution in [2.24, 2.45) is 0 Å². The normalized spacial score (nSPS) is 10.2. The first kappa shape index (κ1) is 11.4. The lowest BCUT2D eigenvalue weighted by Crippen LogP contribution is -2.09. The van der Waals surface area contributed by atoms with Gasteiger partial charge in [0, 0.05) is 25.6 Å². The van der Waals surface area contributed by atoms with Crippen LogP contribution in [-0.4, -0.2) is 23.6 Å². The van der Waals surface area contributed by atoms with Crippen LogP contribution in [0.2, 0.25) is 0 Å². The van der Waals surface area contributed by atoms with Crippen LogP contribution in [0.4, 0.5) is 11.6 Å². The Morgan fingerprint density at radius 3 is 2.82 bits per heavy atom. The summed E-state index contributed by atoms with van der Waals surface area (Å²) < 4.78 is 5.26. The number of anilines is 2. The molecule has 0 atom stereocenters. The van der Waals surface area contributed by atoms with Crippen molar-refractivity contribution < 1.29 is 4.42 Å². The smallest absolute Gasteiger partial charge is 0.134 e. The predicted octanol–water partition coefficient (Wildman–Crippen LogP) is 2.07. The summed E-state index contributed by atoms with van der Waals surface area (Å²) in [5.41, 5.74) is 1.02. The Bertz CT molecular complexity index is 467. The van der Waals surface area contributed by atoms with E-state index in [2.05, 4.69) is 20.6 Å². The van der Waals surface area contributed by atoms with Crippen LogP contribution in [-0.2, 0) is 6.42 Å². The highest BCUT2D eigenvalue weighted by molar-refractivity contribution is 5.55. The number of nitrogens with one attached hydrogen (secondary N) is 2.